The van der Waals surface area contributed by atoms with Crippen LogP contribution >= 0.6 is 0 Å². The van der Waals surface area contributed by atoms with Gasteiger partial charge in [0.1, 0.15) is 12.7 Å². The van der Waals surface area contributed by atoms with Gasteiger partial charge < -0.3 is 14.2 Å². The summed E-state index contributed by atoms with van der Waals surface area (Å²) in [6.45, 7) is 3.29. The van der Waals surface area contributed by atoms with Crippen molar-refractivity contribution in [3.8, 4) is 12.0 Å². The van der Waals surface area contributed by atoms with Gasteiger partial charge in [0.15, 0.2) is 0 Å². The average Bonchev–Trinajstić information content (AvgIpc) is 2.24. The Bertz CT molecular complexity index is 326. The summed E-state index contributed by atoms with van der Waals surface area (Å²) in [5.74, 6) is 2.35. The Kier molecular flexibility index (Phi) is 9.86. The van der Waals surface area contributed by atoms with E-state index >= 15 is 0 Å². The molecule has 0 atom stereocenters. The maximum atomic E-state index is 10.3. The van der Waals surface area contributed by atoms with Crippen LogP contribution in [0.2, 0.25) is 0 Å². The summed E-state index contributed by atoms with van der Waals surface area (Å²) >= 11 is 0. The molecule has 6 nitrogen and oxygen atoms in total. The molecule has 7 heteroatoms. The summed E-state index contributed by atoms with van der Waals surface area (Å²) in [5.41, 5.74) is 0. The molecule has 100 valence electrons. The standard InChI is InChI=1S/C10H18O6S/c1-2-3-4-14-5-6-15-7-8-16-9-10-17(11,12)13/h2,5-10H2,1H3,(H,11,12,13). The van der Waals surface area contributed by atoms with E-state index in [4.69, 9.17) is 18.8 Å². The Labute approximate surface area is 102 Å². The lowest BCUT2D eigenvalue weighted by Gasteiger charge is -2.04. The van der Waals surface area contributed by atoms with Crippen LogP contribution in [-0.2, 0) is 24.3 Å². The van der Waals surface area contributed by atoms with E-state index in [2.05, 4.69) is 12.0 Å². The van der Waals surface area contributed by atoms with Gasteiger partial charge in [-0.15, -0.1) is 0 Å². The highest BCUT2D eigenvalue weighted by atomic mass is 32.2. The Balaban J connectivity index is 3.14. The number of hydrogen-bond donors (Lipinski definition) is 1. The van der Waals surface area contributed by atoms with E-state index in [-0.39, 0.29) is 13.2 Å². The molecule has 0 rings (SSSR count). The molecule has 0 heterocycles. The van der Waals surface area contributed by atoms with Gasteiger partial charge in [0.2, 0.25) is 0 Å². The summed E-state index contributed by atoms with van der Waals surface area (Å²) in [6.07, 6.45) is 3.26. The highest BCUT2D eigenvalue weighted by molar-refractivity contribution is 7.85. The van der Waals surface area contributed by atoms with Crippen molar-refractivity contribution in [2.24, 2.45) is 0 Å². The fourth-order valence-electron chi connectivity index (χ4n) is 0.761. The molecule has 0 aliphatic rings. The maximum Gasteiger partial charge on any atom is 0.267 e. The summed E-state index contributed by atoms with van der Waals surface area (Å²) in [6, 6.07) is 0. The van der Waals surface area contributed by atoms with Gasteiger partial charge >= 0.3 is 0 Å². The molecule has 0 spiro atoms. The molecule has 0 aliphatic heterocycles. The van der Waals surface area contributed by atoms with E-state index in [1.54, 1.807) is 0 Å². The van der Waals surface area contributed by atoms with E-state index < -0.39 is 15.9 Å². The van der Waals surface area contributed by atoms with Gasteiger partial charge in [0.05, 0.1) is 32.2 Å². The molecule has 0 fully saturated rings. The summed E-state index contributed by atoms with van der Waals surface area (Å²) in [4.78, 5) is 0. The van der Waals surface area contributed by atoms with E-state index in [9.17, 15) is 8.42 Å². The molecule has 0 aromatic heterocycles. The van der Waals surface area contributed by atoms with Crippen LogP contribution < -0.4 is 0 Å². The SMILES string of the molecule is CCC#COCCOCCOCCS(=O)(=O)O. The van der Waals surface area contributed by atoms with Crippen molar-refractivity contribution in [3.63, 3.8) is 0 Å². The lowest BCUT2D eigenvalue weighted by Crippen LogP contribution is -2.14. The summed E-state index contributed by atoms with van der Waals surface area (Å²) in [5, 5.41) is 0. The van der Waals surface area contributed by atoms with Gasteiger partial charge in [-0.05, 0) is 0 Å². The molecular formula is C10H18O6S. The molecular weight excluding hydrogens is 248 g/mol. The van der Waals surface area contributed by atoms with Crippen LogP contribution in [0.15, 0.2) is 0 Å². The highest BCUT2D eigenvalue weighted by Gasteiger charge is 2.02. The van der Waals surface area contributed by atoms with Crippen LogP contribution in [0, 0.1) is 12.0 Å². The lowest BCUT2D eigenvalue weighted by molar-refractivity contribution is 0.0369. The molecule has 0 aliphatic carbocycles. The van der Waals surface area contributed by atoms with Crippen LogP contribution in [0.5, 0.6) is 0 Å². The van der Waals surface area contributed by atoms with Crippen LogP contribution in [0.4, 0.5) is 0 Å². The highest BCUT2D eigenvalue weighted by Crippen LogP contribution is 1.85. The third-order valence-electron chi connectivity index (χ3n) is 1.51. The molecule has 17 heavy (non-hydrogen) atoms. The molecule has 0 unspecified atom stereocenters. The molecule has 0 aromatic rings. The number of ether oxygens (including phenoxy) is 3. The van der Waals surface area contributed by atoms with Crippen LogP contribution in [0.1, 0.15) is 13.3 Å². The van der Waals surface area contributed by atoms with Crippen molar-refractivity contribution in [3.05, 3.63) is 0 Å². The second-order valence-electron chi connectivity index (χ2n) is 2.99. The monoisotopic (exact) mass is 266 g/mol. The van der Waals surface area contributed by atoms with Gasteiger partial charge in [-0.2, -0.15) is 8.42 Å². The van der Waals surface area contributed by atoms with Crippen molar-refractivity contribution in [2.75, 3.05) is 38.8 Å². The van der Waals surface area contributed by atoms with Crippen molar-refractivity contribution in [1.29, 1.82) is 0 Å². The molecule has 0 bridgehead atoms. The summed E-state index contributed by atoms with van der Waals surface area (Å²) in [7, 11) is -3.94. The smallest absolute Gasteiger partial charge is 0.267 e. The second kappa shape index (κ2) is 10.4. The van der Waals surface area contributed by atoms with Crippen molar-refractivity contribution < 1.29 is 27.2 Å². The third kappa shape index (κ3) is 15.2. The second-order valence-corrected chi connectivity index (χ2v) is 4.56. The van der Waals surface area contributed by atoms with Crippen molar-refractivity contribution in [1.82, 2.24) is 0 Å². The predicted molar refractivity (Wildman–Crippen MR) is 62.1 cm³/mol. The van der Waals surface area contributed by atoms with Gasteiger partial charge in [0, 0.05) is 6.42 Å². The number of rotatable bonds is 9. The first-order valence-electron chi connectivity index (χ1n) is 5.26. The normalized spacial score (nSPS) is 10.7. The minimum Gasteiger partial charge on any atom is -0.444 e. The van der Waals surface area contributed by atoms with Crippen LogP contribution in [-0.4, -0.2) is 51.8 Å². The molecule has 0 saturated heterocycles. The number of hydrogen-bond acceptors (Lipinski definition) is 5. The Morgan fingerprint density at radius 2 is 1.65 bits per heavy atom. The zero-order chi connectivity index (χ0) is 13.0. The Hall–Kier alpha value is -0.810. The van der Waals surface area contributed by atoms with Crippen LogP contribution in [0.3, 0.4) is 0 Å². The van der Waals surface area contributed by atoms with E-state index in [0.717, 1.165) is 6.42 Å². The van der Waals surface area contributed by atoms with E-state index in [1.807, 2.05) is 6.92 Å². The predicted octanol–water partition coefficient (Wildman–Crippen LogP) is 0.295. The minimum absolute atomic E-state index is 0.0410. The van der Waals surface area contributed by atoms with E-state index in [0.29, 0.717) is 19.8 Å². The lowest BCUT2D eigenvalue weighted by atomic mass is 10.5. The molecule has 0 saturated carbocycles. The zero-order valence-corrected chi connectivity index (χ0v) is 10.7. The minimum atomic E-state index is -3.94. The van der Waals surface area contributed by atoms with Crippen LogP contribution in [0.25, 0.3) is 0 Å². The third-order valence-corrected chi connectivity index (χ3v) is 2.19. The molecule has 1 N–H and O–H groups in total. The van der Waals surface area contributed by atoms with Gasteiger partial charge in [-0.1, -0.05) is 12.8 Å². The quantitative estimate of drug-likeness (QED) is 0.367. The topological polar surface area (TPSA) is 82.1 Å². The first kappa shape index (κ1) is 16.2. The summed E-state index contributed by atoms with van der Waals surface area (Å²) < 4.78 is 44.0. The van der Waals surface area contributed by atoms with Gasteiger partial charge in [-0.25, -0.2) is 0 Å². The fraction of sp³-hybridized carbons (Fsp3) is 0.800. The Morgan fingerprint density at radius 3 is 2.24 bits per heavy atom. The fourth-order valence-corrected chi connectivity index (χ4v) is 1.09. The molecule has 0 amide bonds. The van der Waals surface area contributed by atoms with Gasteiger partial charge in [-0.3, -0.25) is 4.55 Å². The largest absolute Gasteiger partial charge is 0.444 e. The van der Waals surface area contributed by atoms with Gasteiger partial charge in [0.25, 0.3) is 10.1 Å². The first-order chi connectivity index (χ1) is 8.06. The maximum absolute atomic E-state index is 10.3. The van der Waals surface area contributed by atoms with E-state index in [1.165, 1.54) is 0 Å². The zero-order valence-electron chi connectivity index (χ0n) is 9.85. The first-order valence-corrected chi connectivity index (χ1v) is 6.87. The van der Waals surface area contributed by atoms with Crippen molar-refractivity contribution >= 4 is 10.1 Å². The van der Waals surface area contributed by atoms with Crippen molar-refractivity contribution in [2.45, 2.75) is 13.3 Å². The molecule has 0 aromatic carbocycles. The average molecular weight is 266 g/mol. The Morgan fingerprint density at radius 1 is 1.06 bits per heavy atom. The molecule has 0 radical (unpaired) electrons.